The van der Waals surface area contributed by atoms with Gasteiger partial charge in [0.25, 0.3) is 0 Å². The molecule has 2 aliphatic carbocycles. The average molecular weight is 293 g/mol. The first-order chi connectivity index (χ1) is 10.1. The summed E-state index contributed by atoms with van der Waals surface area (Å²) in [5.41, 5.74) is 7.01. The van der Waals surface area contributed by atoms with Gasteiger partial charge < -0.3 is 5.73 Å². The van der Waals surface area contributed by atoms with E-state index < -0.39 is 11.6 Å². The van der Waals surface area contributed by atoms with Crippen LogP contribution in [0.1, 0.15) is 62.1 Å². The van der Waals surface area contributed by atoms with E-state index in [9.17, 15) is 8.78 Å². The molecular formula is C18H25F2N. The van der Waals surface area contributed by atoms with Crippen LogP contribution in [0.4, 0.5) is 8.78 Å². The molecule has 3 heteroatoms. The minimum atomic E-state index is -0.742. The number of aryl methyl sites for hydroxylation is 1. The second-order valence-electron chi connectivity index (χ2n) is 7.00. The van der Waals surface area contributed by atoms with Crippen molar-refractivity contribution in [2.24, 2.45) is 23.5 Å². The molecule has 1 nitrogen and oxygen atoms in total. The molecule has 0 radical (unpaired) electrons. The van der Waals surface area contributed by atoms with Gasteiger partial charge in [-0.3, -0.25) is 0 Å². The number of rotatable bonds is 2. The van der Waals surface area contributed by atoms with Crippen molar-refractivity contribution in [3.8, 4) is 0 Å². The lowest BCUT2D eigenvalue weighted by molar-refractivity contribution is 0.116. The fourth-order valence-electron chi connectivity index (χ4n) is 4.41. The monoisotopic (exact) mass is 293 g/mol. The highest BCUT2D eigenvalue weighted by atomic mass is 19.2. The van der Waals surface area contributed by atoms with Crippen molar-refractivity contribution < 1.29 is 8.78 Å². The van der Waals surface area contributed by atoms with E-state index in [1.54, 1.807) is 19.1 Å². The van der Waals surface area contributed by atoms with Crippen molar-refractivity contribution in [3.05, 3.63) is 34.9 Å². The summed E-state index contributed by atoms with van der Waals surface area (Å²) in [6, 6.07) is 2.94. The van der Waals surface area contributed by atoms with Gasteiger partial charge in [0.15, 0.2) is 11.6 Å². The smallest absolute Gasteiger partial charge is 0.163 e. The highest BCUT2D eigenvalue weighted by Crippen LogP contribution is 2.45. The van der Waals surface area contributed by atoms with Gasteiger partial charge in [0.2, 0.25) is 0 Å². The topological polar surface area (TPSA) is 26.0 Å². The Bertz CT molecular complexity index is 514. The zero-order valence-corrected chi connectivity index (χ0v) is 12.7. The predicted molar refractivity (Wildman–Crippen MR) is 80.8 cm³/mol. The zero-order valence-electron chi connectivity index (χ0n) is 12.7. The fraction of sp³-hybridized carbons (Fsp3) is 0.667. The summed E-state index contributed by atoms with van der Waals surface area (Å²) < 4.78 is 27.9. The summed E-state index contributed by atoms with van der Waals surface area (Å²) in [5.74, 6) is 0.409. The van der Waals surface area contributed by atoms with Gasteiger partial charge in [0.1, 0.15) is 0 Å². The standard InChI is InChI=1S/C18H25F2N/c1-11-6-9-15(17(20)16(11)19)18(21)14-8-7-12-4-2-3-5-13(12)10-14/h6,9,12-14,18H,2-5,7-8,10,21H2,1H3. The lowest BCUT2D eigenvalue weighted by Crippen LogP contribution is -2.33. The lowest BCUT2D eigenvalue weighted by Gasteiger charge is -2.41. The lowest BCUT2D eigenvalue weighted by atomic mass is 9.65. The zero-order chi connectivity index (χ0) is 15.0. The minimum Gasteiger partial charge on any atom is -0.324 e. The summed E-state index contributed by atoms with van der Waals surface area (Å²) in [7, 11) is 0. The van der Waals surface area contributed by atoms with Gasteiger partial charge in [-0.05, 0) is 49.5 Å². The van der Waals surface area contributed by atoms with Crippen LogP contribution in [0, 0.1) is 36.3 Å². The molecule has 0 heterocycles. The summed E-state index contributed by atoms with van der Waals surface area (Å²) in [4.78, 5) is 0. The number of hydrogen-bond donors (Lipinski definition) is 1. The van der Waals surface area contributed by atoms with Crippen LogP contribution >= 0.6 is 0 Å². The Labute approximate surface area is 125 Å². The third-order valence-corrected chi connectivity index (χ3v) is 5.75. The first-order valence-electron chi connectivity index (χ1n) is 8.28. The fourth-order valence-corrected chi connectivity index (χ4v) is 4.41. The average Bonchev–Trinajstić information content (AvgIpc) is 2.52. The molecular weight excluding hydrogens is 268 g/mol. The Morgan fingerprint density at radius 3 is 2.48 bits per heavy atom. The molecule has 4 unspecified atom stereocenters. The molecule has 1 aromatic carbocycles. The maximum absolute atomic E-state index is 14.1. The molecule has 0 saturated heterocycles. The Morgan fingerprint density at radius 2 is 1.71 bits per heavy atom. The number of hydrogen-bond acceptors (Lipinski definition) is 1. The second kappa shape index (κ2) is 6.04. The molecule has 4 atom stereocenters. The molecule has 116 valence electrons. The molecule has 3 rings (SSSR count). The molecule has 0 amide bonds. The van der Waals surface area contributed by atoms with Gasteiger partial charge in [-0.1, -0.05) is 37.8 Å². The van der Waals surface area contributed by atoms with Gasteiger partial charge in [-0.25, -0.2) is 8.78 Å². The Kier molecular flexibility index (Phi) is 4.30. The highest BCUT2D eigenvalue weighted by molar-refractivity contribution is 5.28. The summed E-state index contributed by atoms with van der Waals surface area (Å²) >= 11 is 0. The van der Waals surface area contributed by atoms with E-state index in [1.165, 1.54) is 32.1 Å². The van der Waals surface area contributed by atoms with Crippen molar-refractivity contribution in [1.29, 1.82) is 0 Å². The molecule has 2 aliphatic rings. The first kappa shape index (κ1) is 15.0. The molecule has 2 saturated carbocycles. The number of fused-ring (bicyclic) bond motifs is 1. The van der Waals surface area contributed by atoms with E-state index >= 15 is 0 Å². The molecule has 0 bridgehead atoms. The van der Waals surface area contributed by atoms with Crippen LogP contribution in [0.15, 0.2) is 12.1 Å². The van der Waals surface area contributed by atoms with Crippen LogP contribution in [-0.4, -0.2) is 0 Å². The van der Waals surface area contributed by atoms with Crippen LogP contribution < -0.4 is 5.73 Å². The number of benzene rings is 1. The quantitative estimate of drug-likeness (QED) is 0.826. The predicted octanol–water partition coefficient (Wildman–Crippen LogP) is 4.88. The van der Waals surface area contributed by atoms with E-state index in [2.05, 4.69) is 0 Å². The van der Waals surface area contributed by atoms with E-state index in [4.69, 9.17) is 5.73 Å². The van der Waals surface area contributed by atoms with Gasteiger partial charge in [-0.15, -0.1) is 0 Å². The van der Waals surface area contributed by atoms with Crippen LogP contribution in [0.5, 0.6) is 0 Å². The third-order valence-electron chi connectivity index (χ3n) is 5.75. The van der Waals surface area contributed by atoms with Crippen molar-refractivity contribution in [2.45, 2.75) is 57.9 Å². The van der Waals surface area contributed by atoms with Crippen LogP contribution in [0.2, 0.25) is 0 Å². The van der Waals surface area contributed by atoms with Crippen molar-refractivity contribution >= 4 is 0 Å². The van der Waals surface area contributed by atoms with Gasteiger partial charge in [0.05, 0.1) is 0 Å². The SMILES string of the molecule is Cc1ccc(C(N)C2CCC3CCCCC3C2)c(F)c1F. The molecule has 2 N–H and O–H groups in total. The van der Waals surface area contributed by atoms with Crippen LogP contribution in [0.3, 0.4) is 0 Å². The maximum Gasteiger partial charge on any atom is 0.163 e. The number of nitrogens with two attached hydrogens (primary N) is 1. The first-order valence-corrected chi connectivity index (χ1v) is 8.28. The highest BCUT2D eigenvalue weighted by Gasteiger charge is 2.35. The molecule has 0 aliphatic heterocycles. The Hall–Kier alpha value is -0.960. The van der Waals surface area contributed by atoms with Crippen molar-refractivity contribution in [3.63, 3.8) is 0 Å². The number of halogens is 2. The van der Waals surface area contributed by atoms with Gasteiger partial charge in [0, 0.05) is 11.6 Å². The molecule has 1 aromatic rings. The summed E-state index contributed by atoms with van der Waals surface area (Å²) in [5, 5.41) is 0. The van der Waals surface area contributed by atoms with Gasteiger partial charge in [-0.2, -0.15) is 0 Å². The van der Waals surface area contributed by atoms with Crippen molar-refractivity contribution in [2.75, 3.05) is 0 Å². The Balaban J connectivity index is 1.76. The second-order valence-corrected chi connectivity index (χ2v) is 7.00. The summed E-state index contributed by atoms with van der Waals surface area (Å²) in [6.07, 6.45) is 8.65. The van der Waals surface area contributed by atoms with Crippen molar-refractivity contribution in [1.82, 2.24) is 0 Å². The van der Waals surface area contributed by atoms with Gasteiger partial charge >= 0.3 is 0 Å². The maximum atomic E-state index is 14.1. The van der Waals surface area contributed by atoms with Crippen LogP contribution in [-0.2, 0) is 0 Å². The molecule has 21 heavy (non-hydrogen) atoms. The Morgan fingerprint density at radius 1 is 1.00 bits per heavy atom. The van der Waals surface area contributed by atoms with E-state index in [1.807, 2.05) is 0 Å². The van der Waals surface area contributed by atoms with Crippen LogP contribution in [0.25, 0.3) is 0 Å². The molecule has 0 spiro atoms. The third kappa shape index (κ3) is 2.85. The normalized spacial score (nSPS) is 30.8. The minimum absolute atomic E-state index is 0.293. The molecule has 2 fully saturated rings. The summed E-state index contributed by atoms with van der Waals surface area (Å²) in [6.45, 7) is 1.58. The van der Waals surface area contributed by atoms with E-state index in [0.29, 0.717) is 17.0 Å². The van der Waals surface area contributed by atoms with E-state index in [-0.39, 0.29) is 6.04 Å². The van der Waals surface area contributed by atoms with E-state index in [0.717, 1.165) is 24.7 Å². The molecule has 0 aromatic heterocycles. The largest absolute Gasteiger partial charge is 0.324 e.